The Bertz CT molecular complexity index is 622. The number of alkyl halides is 3. The van der Waals surface area contributed by atoms with Crippen LogP contribution in [0.1, 0.15) is 23.6 Å². The summed E-state index contributed by atoms with van der Waals surface area (Å²) in [4.78, 5) is 21.8. The van der Waals surface area contributed by atoms with Crippen LogP contribution in [0.25, 0.3) is 6.08 Å². The Kier molecular flexibility index (Phi) is 4.62. The lowest BCUT2D eigenvalue weighted by atomic mass is 10.0. The zero-order valence-electron chi connectivity index (χ0n) is 11.2. The quantitative estimate of drug-likeness (QED) is 0.589. The minimum absolute atomic E-state index is 0.0276. The molecule has 0 saturated heterocycles. The van der Waals surface area contributed by atoms with E-state index in [-0.39, 0.29) is 11.1 Å². The molecule has 0 bridgehead atoms. The maximum Gasteiger partial charge on any atom is 0.418 e. The Morgan fingerprint density at radius 3 is 2.33 bits per heavy atom. The van der Waals surface area contributed by atoms with Crippen molar-refractivity contribution < 1.29 is 27.9 Å². The third-order valence-electron chi connectivity index (χ3n) is 2.57. The van der Waals surface area contributed by atoms with Gasteiger partial charge in [0.2, 0.25) is 5.91 Å². The number of nitrogens with two attached hydrogens (primary N) is 1. The molecule has 0 unspecified atom stereocenters. The van der Waals surface area contributed by atoms with E-state index < -0.39 is 35.0 Å². The number of hydrogen-bond acceptors (Lipinski definition) is 3. The number of halogens is 3. The highest BCUT2D eigenvalue weighted by atomic mass is 19.4. The fraction of sp³-hybridized carbons (Fsp3) is 0.231. The van der Waals surface area contributed by atoms with E-state index in [2.05, 4.69) is 0 Å². The molecule has 5 nitrogen and oxygen atoms in total. The van der Waals surface area contributed by atoms with Gasteiger partial charge in [-0.25, -0.2) is 4.79 Å². The molecule has 0 aliphatic heterocycles. The summed E-state index contributed by atoms with van der Waals surface area (Å²) < 4.78 is 38.5. The number of aryl methyl sites for hydroxylation is 1. The second-order valence-corrected chi connectivity index (χ2v) is 4.34. The Morgan fingerprint density at radius 1 is 1.33 bits per heavy atom. The first-order chi connectivity index (χ1) is 9.52. The SMILES string of the molecule is CC(=O)NC(=Cc1cc(C)c(N)c(C(F)(F)F)c1)C(=O)O. The number of carbonyl (C=O) groups is 2. The fourth-order valence-electron chi connectivity index (χ4n) is 1.65. The highest BCUT2D eigenvalue weighted by Gasteiger charge is 2.33. The lowest BCUT2D eigenvalue weighted by molar-refractivity contribution is -0.137. The third-order valence-corrected chi connectivity index (χ3v) is 2.57. The van der Waals surface area contributed by atoms with Crippen molar-refractivity contribution in [2.75, 3.05) is 5.73 Å². The van der Waals surface area contributed by atoms with Crippen LogP contribution < -0.4 is 11.1 Å². The number of nitrogens with one attached hydrogen (secondary N) is 1. The Hall–Kier alpha value is -2.51. The molecule has 1 amide bonds. The summed E-state index contributed by atoms with van der Waals surface area (Å²) in [5, 5.41) is 10.9. The number of nitrogen functional groups attached to an aromatic ring is 1. The summed E-state index contributed by atoms with van der Waals surface area (Å²) in [6.45, 7) is 2.47. The summed E-state index contributed by atoms with van der Waals surface area (Å²) in [7, 11) is 0. The normalized spacial score (nSPS) is 12.1. The number of aliphatic carboxylic acids is 1. The molecule has 0 radical (unpaired) electrons. The minimum Gasteiger partial charge on any atom is -0.477 e. The first-order valence-corrected chi connectivity index (χ1v) is 5.72. The molecule has 4 N–H and O–H groups in total. The molecule has 0 spiro atoms. The van der Waals surface area contributed by atoms with E-state index in [9.17, 15) is 22.8 Å². The number of rotatable bonds is 3. The van der Waals surface area contributed by atoms with Gasteiger partial charge >= 0.3 is 12.1 Å². The summed E-state index contributed by atoms with van der Waals surface area (Å²) in [5.41, 5.74) is 3.51. The van der Waals surface area contributed by atoms with Crippen molar-refractivity contribution in [2.45, 2.75) is 20.0 Å². The van der Waals surface area contributed by atoms with Crippen LogP contribution in [-0.4, -0.2) is 17.0 Å². The van der Waals surface area contributed by atoms with Crippen molar-refractivity contribution in [2.24, 2.45) is 0 Å². The monoisotopic (exact) mass is 302 g/mol. The molecule has 114 valence electrons. The molecule has 0 fully saturated rings. The molecule has 0 heterocycles. The molecule has 0 atom stereocenters. The number of anilines is 1. The van der Waals surface area contributed by atoms with E-state index in [4.69, 9.17) is 10.8 Å². The summed E-state index contributed by atoms with van der Waals surface area (Å²) >= 11 is 0. The van der Waals surface area contributed by atoms with Crippen molar-refractivity contribution >= 4 is 23.6 Å². The maximum atomic E-state index is 12.8. The number of carboxylic acids is 1. The number of hydrogen-bond donors (Lipinski definition) is 3. The highest BCUT2D eigenvalue weighted by molar-refractivity contribution is 5.96. The van der Waals surface area contributed by atoms with Crippen LogP contribution in [0.4, 0.5) is 18.9 Å². The summed E-state index contributed by atoms with van der Waals surface area (Å²) in [6, 6.07) is 2.03. The summed E-state index contributed by atoms with van der Waals surface area (Å²) in [5.74, 6) is -2.11. The van der Waals surface area contributed by atoms with Gasteiger partial charge in [-0.05, 0) is 36.3 Å². The van der Waals surface area contributed by atoms with E-state index in [1.807, 2.05) is 5.32 Å². The molecule has 0 aliphatic rings. The molecule has 1 rings (SSSR count). The average molecular weight is 302 g/mol. The highest BCUT2D eigenvalue weighted by Crippen LogP contribution is 2.36. The smallest absolute Gasteiger partial charge is 0.418 e. The predicted molar refractivity (Wildman–Crippen MR) is 70.0 cm³/mol. The molecule has 8 heteroatoms. The van der Waals surface area contributed by atoms with E-state index in [0.717, 1.165) is 19.1 Å². The number of benzene rings is 1. The Labute approximate surface area is 118 Å². The Balaban J connectivity index is 3.40. The maximum absolute atomic E-state index is 12.8. The van der Waals surface area contributed by atoms with Crippen molar-refractivity contribution in [1.29, 1.82) is 0 Å². The van der Waals surface area contributed by atoms with Crippen LogP contribution in [0.5, 0.6) is 0 Å². The second kappa shape index (κ2) is 5.86. The molecular weight excluding hydrogens is 289 g/mol. The molecule has 0 saturated carbocycles. The van der Waals surface area contributed by atoms with Crippen molar-refractivity contribution in [3.8, 4) is 0 Å². The van der Waals surface area contributed by atoms with Gasteiger partial charge < -0.3 is 16.2 Å². The third kappa shape index (κ3) is 4.23. The standard InChI is InChI=1S/C13H13F3N2O3/c1-6-3-8(4-9(11(6)17)13(14,15)16)5-10(12(20)21)18-7(2)19/h3-5H,17H2,1-2H3,(H,18,19)(H,20,21). The van der Waals surface area contributed by atoms with Gasteiger partial charge in [-0.1, -0.05) is 0 Å². The second-order valence-electron chi connectivity index (χ2n) is 4.34. The largest absolute Gasteiger partial charge is 0.477 e. The van der Waals surface area contributed by atoms with E-state index >= 15 is 0 Å². The molecule has 0 aliphatic carbocycles. The number of carboxylic acid groups (broad SMARTS) is 1. The van der Waals surface area contributed by atoms with Gasteiger partial charge in [0.05, 0.1) is 5.56 Å². The van der Waals surface area contributed by atoms with Crippen LogP contribution >= 0.6 is 0 Å². The van der Waals surface area contributed by atoms with E-state index in [1.54, 1.807) is 0 Å². The molecule has 1 aromatic rings. The first-order valence-electron chi connectivity index (χ1n) is 5.72. The van der Waals surface area contributed by atoms with Crippen LogP contribution in [0.15, 0.2) is 17.8 Å². The molecule has 21 heavy (non-hydrogen) atoms. The molecule has 0 aromatic heterocycles. The zero-order valence-corrected chi connectivity index (χ0v) is 11.2. The van der Waals surface area contributed by atoms with E-state index in [1.165, 1.54) is 13.0 Å². The first kappa shape index (κ1) is 16.5. The zero-order chi connectivity index (χ0) is 16.4. The minimum atomic E-state index is -4.66. The molecular formula is C13H13F3N2O3. The van der Waals surface area contributed by atoms with Crippen molar-refractivity contribution in [3.05, 3.63) is 34.5 Å². The van der Waals surface area contributed by atoms with Crippen LogP contribution in [0.3, 0.4) is 0 Å². The Morgan fingerprint density at radius 2 is 1.90 bits per heavy atom. The fourth-order valence-corrected chi connectivity index (χ4v) is 1.65. The van der Waals surface area contributed by atoms with Gasteiger partial charge in [0.1, 0.15) is 5.70 Å². The van der Waals surface area contributed by atoms with Gasteiger partial charge in [-0.3, -0.25) is 4.79 Å². The summed E-state index contributed by atoms with van der Waals surface area (Å²) in [6.07, 6.45) is -3.72. The molecule has 1 aromatic carbocycles. The van der Waals surface area contributed by atoms with Crippen molar-refractivity contribution in [1.82, 2.24) is 5.32 Å². The van der Waals surface area contributed by atoms with Gasteiger partial charge in [-0.15, -0.1) is 0 Å². The van der Waals surface area contributed by atoms with Gasteiger partial charge in [0.15, 0.2) is 0 Å². The van der Waals surface area contributed by atoms with Crippen LogP contribution in [0, 0.1) is 6.92 Å². The number of amides is 1. The average Bonchev–Trinajstić information content (AvgIpc) is 2.30. The van der Waals surface area contributed by atoms with Crippen molar-refractivity contribution in [3.63, 3.8) is 0 Å². The van der Waals surface area contributed by atoms with E-state index in [0.29, 0.717) is 0 Å². The van der Waals surface area contributed by atoms with Crippen LogP contribution in [0.2, 0.25) is 0 Å². The number of carbonyl (C=O) groups excluding carboxylic acids is 1. The van der Waals surface area contributed by atoms with Gasteiger partial charge in [0.25, 0.3) is 0 Å². The lowest BCUT2D eigenvalue weighted by Gasteiger charge is -2.13. The topological polar surface area (TPSA) is 92.4 Å². The van der Waals surface area contributed by atoms with Gasteiger partial charge in [0, 0.05) is 12.6 Å². The predicted octanol–water partition coefficient (Wildman–Crippen LogP) is 2.16. The lowest BCUT2D eigenvalue weighted by Crippen LogP contribution is -2.24. The van der Waals surface area contributed by atoms with Crippen LogP contribution in [-0.2, 0) is 15.8 Å². The van der Waals surface area contributed by atoms with Gasteiger partial charge in [-0.2, -0.15) is 13.2 Å².